The molecule has 1 unspecified atom stereocenters. The van der Waals surface area contributed by atoms with Crippen molar-refractivity contribution in [3.05, 3.63) is 0 Å². The van der Waals surface area contributed by atoms with Crippen LogP contribution in [0.15, 0.2) is 0 Å². The van der Waals surface area contributed by atoms with Crippen LogP contribution >= 0.6 is 0 Å². The minimum absolute atomic E-state index is 0.00210. The third-order valence-electron chi connectivity index (χ3n) is 6.54. The molecule has 0 aliphatic carbocycles. The van der Waals surface area contributed by atoms with Crippen molar-refractivity contribution in [2.45, 2.75) is 63.9 Å². The van der Waals surface area contributed by atoms with Crippen LogP contribution in [0.25, 0.3) is 0 Å². The molecule has 2 atom stereocenters. The molecular weight excluding hydrogens is 402 g/mol. The van der Waals surface area contributed by atoms with Crippen LogP contribution in [0.2, 0.25) is 0 Å². The number of ether oxygens (including phenoxy) is 2. The number of likely N-dealkylation sites (tertiary alicyclic amines) is 1. The summed E-state index contributed by atoms with van der Waals surface area (Å²) in [5, 5.41) is 10.6. The van der Waals surface area contributed by atoms with Crippen molar-refractivity contribution in [3.8, 4) is 0 Å². The van der Waals surface area contributed by atoms with E-state index in [0.29, 0.717) is 45.6 Å². The van der Waals surface area contributed by atoms with Gasteiger partial charge in [0.15, 0.2) is 11.4 Å². The average Bonchev–Trinajstić information content (AvgIpc) is 2.68. The Bertz CT molecular complexity index is 664. The summed E-state index contributed by atoms with van der Waals surface area (Å²) in [5.74, 6) is -3.17. The van der Waals surface area contributed by atoms with Crippen LogP contribution in [0.5, 0.6) is 0 Å². The van der Waals surface area contributed by atoms with Crippen molar-refractivity contribution >= 4 is 17.7 Å². The zero-order valence-corrected chi connectivity index (χ0v) is 19.8. The second-order valence-corrected chi connectivity index (χ2v) is 9.54. The van der Waals surface area contributed by atoms with E-state index in [1.165, 1.54) is 14.0 Å². The van der Waals surface area contributed by atoms with Gasteiger partial charge in [0.05, 0.1) is 19.6 Å². The molecule has 1 amide bonds. The van der Waals surface area contributed by atoms with Gasteiger partial charge in [0.2, 0.25) is 5.91 Å². The summed E-state index contributed by atoms with van der Waals surface area (Å²) in [6.45, 7) is 7.65. The predicted octanol–water partition coefficient (Wildman–Crippen LogP) is 0.497. The smallest absolute Gasteiger partial charge is 0.316 e. The summed E-state index contributed by atoms with van der Waals surface area (Å²) in [4.78, 5) is 43.6. The van der Waals surface area contributed by atoms with Crippen LogP contribution in [-0.2, 0) is 23.9 Å². The number of rotatable bonds is 4. The molecule has 1 N–H and O–H groups in total. The highest BCUT2D eigenvalue weighted by molar-refractivity contribution is 5.98. The lowest BCUT2D eigenvalue weighted by molar-refractivity contribution is -0.196. The van der Waals surface area contributed by atoms with Crippen molar-refractivity contribution in [1.29, 1.82) is 0 Å². The summed E-state index contributed by atoms with van der Waals surface area (Å²) < 4.78 is 11.1. The van der Waals surface area contributed by atoms with E-state index in [4.69, 9.17) is 9.47 Å². The molecule has 31 heavy (non-hydrogen) atoms. The first-order valence-electron chi connectivity index (χ1n) is 11.1. The molecule has 0 aromatic heterocycles. The van der Waals surface area contributed by atoms with Gasteiger partial charge in [0, 0.05) is 39.0 Å². The topological polar surface area (TPSA) is 99.6 Å². The van der Waals surface area contributed by atoms with Crippen LogP contribution in [0.3, 0.4) is 0 Å². The van der Waals surface area contributed by atoms with E-state index in [1.807, 2.05) is 37.7 Å². The third kappa shape index (κ3) is 6.71. The maximum absolute atomic E-state index is 12.7. The fraction of sp³-hybridized carbons (Fsp3) is 0.864. The van der Waals surface area contributed by atoms with E-state index in [1.54, 1.807) is 4.90 Å². The molecule has 2 saturated heterocycles. The summed E-state index contributed by atoms with van der Waals surface area (Å²) in [5.41, 5.74) is -0.821. The van der Waals surface area contributed by atoms with Gasteiger partial charge >= 0.3 is 5.97 Å². The number of Topliss-reactive ketones (excluding diaryl/α,β-unsaturated/α-hetero) is 1. The van der Waals surface area contributed by atoms with E-state index in [9.17, 15) is 19.5 Å². The Morgan fingerprint density at radius 3 is 2.52 bits per heavy atom. The SMILES string of the molecule is CO[C@]1(O)CCCN(C)CC2(CN(C(=O)CN(C)C(C)C)C2)OC(=O)C(C)C(=O)CC1. The molecular formula is C22H39N3O6. The monoisotopic (exact) mass is 441 g/mol. The van der Waals surface area contributed by atoms with Crippen LogP contribution in [-0.4, -0.2) is 109 Å². The zero-order valence-electron chi connectivity index (χ0n) is 19.8. The Balaban J connectivity index is 2.11. The summed E-state index contributed by atoms with van der Waals surface area (Å²) in [6, 6.07) is 0.256. The molecule has 2 heterocycles. The van der Waals surface area contributed by atoms with Crippen molar-refractivity contribution in [2.24, 2.45) is 5.92 Å². The number of aliphatic hydroxyl groups is 1. The summed E-state index contributed by atoms with van der Waals surface area (Å²) in [7, 11) is 5.25. The van der Waals surface area contributed by atoms with E-state index in [0.717, 1.165) is 0 Å². The van der Waals surface area contributed by atoms with Gasteiger partial charge in [-0.3, -0.25) is 19.3 Å². The largest absolute Gasteiger partial charge is 0.453 e. The number of nitrogens with zero attached hydrogens (tertiary/aromatic N) is 3. The Morgan fingerprint density at radius 1 is 1.29 bits per heavy atom. The van der Waals surface area contributed by atoms with Crippen molar-refractivity contribution in [2.75, 3.05) is 53.9 Å². The number of amides is 1. The van der Waals surface area contributed by atoms with Crippen LogP contribution < -0.4 is 0 Å². The quantitative estimate of drug-likeness (QED) is 0.382. The molecule has 2 aliphatic heterocycles. The van der Waals surface area contributed by atoms with Gasteiger partial charge in [-0.15, -0.1) is 0 Å². The number of esters is 1. The molecule has 2 rings (SSSR count). The number of hydrogen-bond donors (Lipinski definition) is 1. The minimum atomic E-state index is -1.38. The first kappa shape index (κ1) is 25.7. The van der Waals surface area contributed by atoms with Crippen molar-refractivity contribution in [1.82, 2.24) is 14.7 Å². The second kappa shape index (κ2) is 10.4. The fourth-order valence-corrected chi connectivity index (χ4v) is 4.01. The molecule has 0 aromatic rings. The molecule has 2 aliphatic rings. The highest BCUT2D eigenvalue weighted by Crippen LogP contribution is 2.30. The Hall–Kier alpha value is -1.55. The molecule has 0 bridgehead atoms. The van der Waals surface area contributed by atoms with E-state index in [2.05, 4.69) is 0 Å². The van der Waals surface area contributed by atoms with Gasteiger partial charge in [0.1, 0.15) is 11.7 Å². The Morgan fingerprint density at radius 2 is 1.94 bits per heavy atom. The van der Waals surface area contributed by atoms with E-state index >= 15 is 0 Å². The molecule has 9 nitrogen and oxygen atoms in total. The normalized spacial score (nSPS) is 28.7. The molecule has 1 spiro atoms. The van der Waals surface area contributed by atoms with Gasteiger partial charge < -0.3 is 24.4 Å². The van der Waals surface area contributed by atoms with Gasteiger partial charge in [0.25, 0.3) is 0 Å². The van der Waals surface area contributed by atoms with Crippen molar-refractivity contribution in [3.63, 3.8) is 0 Å². The van der Waals surface area contributed by atoms with Crippen LogP contribution in [0.1, 0.15) is 46.5 Å². The average molecular weight is 442 g/mol. The van der Waals surface area contributed by atoms with Gasteiger partial charge in [-0.1, -0.05) is 0 Å². The number of methoxy groups -OCH3 is 1. The maximum atomic E-state index is 12.7. The molecule has 0 aromatic carbocycles. The number of likely N-dealkylation sites (N-methyl/N-ethyl adjacent to an activating group) is 2. The molecule has 0 saturated carbocycles. The number of ketones is 1. The van der Waals surface area contributed by atoms with Crippen molar-refractivity contribution < 1.29 is 29.0 Å². The number of hydrogen-bond acceptors (Lipinski definition) is 8. The number of carbonyl (C=O) groups excluding carboxylic acids is 3. The first-order chi connectivity index (χ1) is 14.4. The highest BCUT2D eigenvalue weighted by atomic mass is 16.6. The molecule has 0 radical (unpaired) electrons. The van der Waals surface area contributed by atoms with Gasteiger partial charge in [-0.2, -0.15) is 0 Å². The first-order valence-corrected chi connectivity index (χ1v) is 11.1. The number of carbonyl (C=O) groups is 3. The molecule has 2 fully saturated rings. The van der Waals surface area contributed by atoms with Crippen LogP contribution in [0, 0.1) is 5.92 Å². The standard InChI is InChI=1S/C22H39N3O6/c1-16(2)24(5)12-19(27)25-14-21(15-25)13-23(4)11-7-9-22(29,30-6)10-8-18(26)17(3)20(28)31-21/h16-17,29H,7-15H2,1-6H3/t17?,22-/m1/s1. The lowest BCUT2D eigenvalue weighted by atomic mass is 9.92. The van der Waals surface area contributed by atoms with Gasteiger partial charge in [-0.05, 0) is 47.8 Å². The Kier molecular flexibility index (Phi) is 8.61. The fourth-order valence-electron chi connectivity index (χ4n) is 4.01. The zero-order chi connectivity index (χ0) is 23.4. The van der Waals surface area contributed by atoms with E-state index in [-0.39, 0.29) is 30.6 Å². The Labute approximate surface area is 185 Å². The van der Waals surface area contributed by atoms with E-state index < -0.39 is 23.3 Å². The second-order valence-electron chi connectivity index (χ2n) is 9.54. The molecule has 178 valence electrons. The minimum Gasteiger partial charge on any atom is -0.453 e. The highest BCUT2D eigenvalue weighted by Gasteiger charge is 2.50. The predicted molar refractivity (Wildman–Crippen MR) is 115 cm³/mol. The lowest BCUT2D eigenvalue weighted by Gasteiger charge is -2.51. The third-order valence-corrected chi connectivity index (χ3v) is 6.54. The van der Waals surface area contributed by atoms with Crippen LogP contribution in [0.4, 0.5) is 0 Å². The summed E-state index contributed by atoms with van der Waals surface area (Å²) >= 11 is 0. The lowest BCUT2D eigenvalue weighted by Crippen LogP contribution is -2.70. The molecule has 9 heteroatoms. The van der Waals surface area contributed by atoms with Gasteiger partial charge in [-0.25, -0.2) is 0 Å². The maximum Gasteiger partial charge on any atom is 0.316 e. The summed E-state index contributed by atoms with van der Waals surface area (Å²) in [6.07, 6.45) is 1.23.